The number of carbonyl (C=O) groups excluding carboxylic acids is 2. The Morgan fingerprint density at radius 3 is 1.11 bits per heavy atom. The Hall–Kier alpha value is -1.40. The molecule has 0 fully saturated rings. The van der Waals surface area contributed by atoms with Crippen LogP contribution in [0.1, 0.15) is 328 Å². The molecule has 0 aromatic rings. The molecule has 0 aromatic heterocycles. The van der Waals surface area contributed by atoms with Gasteiger partial charge in [-0.25, -0.2) is 0 Å². The van der Waals surface area contributed by atoms with Crippen LogP contribution in [0.5, 0.6) is 0 Å². The zero-order valence-corrected chi connectivity index (χ0v) is 44.0. The maximum atomic E-state index is 12.5. The highest BCUT2D eigenvalue weighted by Gasteiger charge is 2.20. The summed E-state index contributed by atoms with van der Waals surface area (Å²) < 4.78 is 5.46. The fourth-order valence-electron chi connectivity index (χ4n) is 9.28. The van der Waals surface area contributed by atoms with Crippen LogP contribution < -0.4 is 5.32 Å². The summed E-state index contributed by atoms with van der Waals surface area (Å²) in [5, 5.41) is 23.3. The van der Waals surface area contributed by atoms with Crippen molar-refractivity contribution in [3.63, 3.8) is 0 Å². The Labute approximate surface area is 406 Å². The number of allylic oxidation sites excluding steroid dienone is 2. The van der Waals surface area contributed by atoms with E-state index in [1.54, 1.807) is 0 Å². The van der Waals surface area contributed by atoms with E-state index in [2.05, 4.69) is 31.3 Å². The molecule has 0 heterocycles. The van der Waals surface area contributed by atoms with Gasteiger partial charge in [-0.3, -0.25) is 9.59 Å². The molecule has 0 aliphatic heterocycles. The largest absolute Gasteiger partial charge is 0.466 e. The third-order valence-corrected chi connectivity index (χ3v) is 13.8. The number of aliphatic hydroxyl groups is 2. The van der Waals surface area contributed by atoms with Crippen LogP contribution in [0.2, 0.25) is 0 Å². The Bertz CT molecular complexity index is 970. The molecule has 0 aromatic carbocycles. The molecule has 6 nitrogen and oxygen atoms in total. The van der Waals surface area contributed by atoms with E-state index < -0.39 is 12.1 Å². The monoisotopic (exact) mass is 918 g/mol. The highest BCUT2D eigenvalue weighted by Crippen LogP contribution is 2.18. The molecule has 0 aliphatic rings. The molecule has 386 valence electrons. The van der Waals surface area contributed by atoms with Crippen LogP contribution in [-0.4, -0.2) is 47.4 Å². The second kappa shape index (κ2) is 55.2. The topological polar surface area (TPSA) is 95.9 Å². The number of nitrogens with one attached hydrogen (secondary N) is 1. The molecular weight excluding hydrogens is 803 g/mol. The first-order valence-corrected chi connectivity index (χ1v) is 29.4. The number of esters is 1. The summed E-state index contributed by atoms with van der Waals surface area (Å²) in [5.41, 5.74) is 0. The lowest BCUT2D eigenvalue weighted by Crippen LogP contribution is -2.45. The Morgan fingerprint density at radius 1 is 0.415 bits per heavy atom. The van der Waals surface area contributed by atoms with Crippen LogP contribution in [0.15, 0.2) is 12.2 Å². The Balaban J connectivity index is 3.44. The third-order valence-electron chi connectivity index (χ3n) is 13.8. The van der Waals surface area contributed by atoms with Crippen molar-refractivity contribution in [3.8, 4) is 0 Å². The number of amides is 1. The zero-order valence-electron chi connectivity index (χ0n) is 44.0. The van der Waals surface area contributed by atoms with E-state index in [0.29, 0.717) is 25.9 Å². The van der Waals surface area contributed by atoms with Gasteiger partial charge in [0.2, 0.25) is 5.91 Å². The number of hydrogen-bond donors (Lipinski definition) is 3. The van der Waals surface area contributed by atoms with Crippen LogP contribution in [0.4, 0.5) is 0 Å². The summed E-state index contributed by atoms with van der Waals surface area (Å²) in [6, 6.07) is -0.550. The molecule has 0 spiro atoms. The minimum atomic E-state index is -0.672. The first kappa shape index (κ1) is 63.6. The highest BCUT2D eigenvalue weighted by molar-refractivity contribution is 5.76. The highest BCUT2D eigenvalue weighted by atomic mass is 16.5. The first-order valence-electron chi connectivity index (χ1n) is 29.4. The molecule has 2 unspecified atom stereocenters. The van der Waals surface area contributed by atoms with Gasteiger partial charge in [0.15, 0.2) is 0 Å². The molecule has 3 N–H and O–H groups in total. The summed E-state index contributed by atoms with van der Waals surface area (Å²) in [6.07, 6.45) is 64.8. The van der Waals surface area contributed by atoms with Crippen molar-refractivity contribution in [1.82, 2.24) is 5.32 Å². The SMILES string of the molecule is CCCCCC/C=C\CCCCCCCC(=O)OCCCCCCCCCCCCCCCCC(=O)NC(CO)C(O)CCCCCCCCCCCCCCCCCCCCCCC. The van der Waals surface area contributed by atoms with Gasteiger partial charge in [0.25, 0.3) is 0 Å². The van der Waals surface area contributed by atoms with Gasteiger partial charge in [0, 0.05) is 12.8 Å². The lowest BCUT2D eigenvalue weighted by molar-refractivity contribution is -0.143. The summed E-state index contributed by atoms with van der Waals surface area (Å²) >= 11 is 0. The van der Waals surface area contributed by atoms with E-state index in [-0.39, 0.29) is 18.5 Å². The van der Waals surface area contributed by atoms with Crippen molar-refractivity contribution in [3.05, 3.63) is 12.2 Å². The molecule has 65 heavy (non-hydrogen) atoms. The molecule has 0 rings (SSSR count). The van der Waals surface area contributed by atoms with Gasteiger partial charge < -0.3 is 20.3 Å². The maximum absolute atomic E-state index is 12.5. The average Bonchev–Trinajstić information content (AvgIpc) is 3.31. The van der Waals surface area contributed by atoms with E-state index in [4.69, 9.17) is 4.74 Å². The molecule has 0 saturated carbocycles. The number of carbonyl (C=O) groups is 2. The number of aliphatic hydroxyl groups excluding tert-OH is 2. The number of unbranched alkanes of at least 4 members (excludes halogenated alkanes) is 42. The predicted octanol–water partition coefficient (Wildman–Crippen LogP) is 18.1. The molecule has 1 amide bonds. The van der Waals surface area contributed by atoms with Crippen molar-refractivity contribution in [2.24, 2.45) is 0 Å². The van der Waals surface area contributed by atoms with Gasteiger partial charge >= 0.3 is 5.97 Å². The second-order valence-corrected chi connectivity index (χ2v) is 20.3. The average molecular weight is 919 g/mol. The van der Waals surface area contributed by atoms with Gasteiger partial charge in [0.1, 0.15) is 0 Å². The van der Waals surface area contributed by atoms with E-state index in [1.807, 2.05) is 0 Å². The Morgan fingerprint density at radius 2 is 0.723 bits per heavy atom. The van der Waals surface area contributed by atoms with Crippen molar-refractivity contribution in [1.29, 1.82) is 0 Å². The maximum Gasteiger partial charge on any atom is 0.305 e. The fraction of sp³-hybridized carbons (Fsp3) is 0.932. The van der Waals surface area contributed by atoms with Gasteiger partial charge in [0.05, 0.1) is 25.4 Å². The molecule has 0 bridgehead atoms. The molecule has 0 radical (unpaired) electrons. The van der Waals surface area contributed by atoms with E-state index in [9.17, 15) is 19.8 Å². The van der Waals surface area contributed by atoms with Crippen LogP contribution >= 0.6 is 0 Å². The zero-order chi connectivity index (χ0) is 47.2. The lowest BCUT2D eigenvalue weighted by atomic mass is 10.0. The van der Waals surface area contributed by atoms with E-state index >= 15 is 0 Å². The molecular formula is C59H115NO5. The minimum Gasteiger partial charge on any atom is -0.466 e. The van der Waals surface area contributed by atoms with Crippen molar-refractivity contribution in [2.45, 2.75) is 341 Å². The molecule has 0 saturated heterocycles. The van der Waals surface area contributed by atoms with Crippen LogP contribution in [-0.2, 0) is 14.3 Å². The quantitative estimate of drug-likeness (QED) is 0.0321. The van der Waals surface area contributed by atoms with E-state index in [1.165, 1.54) is 244 Å². The van der Waals surface area contributed by atoms with E-state index in [0.717, 1.165) is 51.4 Å². The van der Waals surface area contributed by atoms with Crippen molar-refractivity contribution >= 4 is 11.9 Å². The lowest BCUT2D eigenvalue weighted by Gasteiger charge is -2.22. The Kier molecular flexibility index (Phi) is 54.0. The number of ether oxygens (including phenoxy) is 1. The number of hydrogen-bond acceptors (Lipinski definition) is 5. The van der Waals surface area contributed by atoms with Gasteiger partial charge in [-0.1, -0.05) is 276 Å². The molecule has 0 aliphatic carbocycles. The van der Waals surface area contributed by atoms with Crippen LogP contribution in [0.25, 0.3) is 0 Å². The van der Waals surface area contributed by atoms with Gasteiger partial charge in [-0.2, -0.15) is 0 Å². The number of rotatable bonds is 55. The smallest absolute Gasteiger partial charge is 0.305 e. The summed E-state index contributed by atoms with van der Waals surface area (Å²) in [4.78, 5) is 24.5. The van der Waals surface area contributed by atoms with Crippen molar-refractivity contribution in [2.75, 3.05) is 13.2 Å². The second-order valence-electron chi connectivity index (χ2n) is 20.3. The molecule has 2 atom stereocenters. The third kappa shape index (κ3) is 51.8. The van der Waals surface area contributed by atoms with Crippen LogP contribution in [0.3, 0.4) is 0 Å². The van der Waals surface area contributed by atoms with Crippen molar-refractivity contribution < 1.29 is 24.5 Å². The standard InChI is InChI=1S/C59H115NO5/c1-3-5-7-9-11-13-15-17-18-19-20-21-22-23-24-28-31-35-39-43-47-51-57(62)56(55-61)60-58(63)52-48-44-40-36-32-29-25-26-30-34-38-42-46-50-54-65-59(64)53-49-45-41-37-33-27-16-14-12-10-8-6-4-2/h14,16,56-57,61-62H,3-13,15,17-55H2,1-2H3,(H,60,63)/b16-14-. The minimum absolute atomic E-state index is 0.0104. The van der Waals surface area contributed by atoms with Crippen LogP contribution in [0, 0.1) is 0 Å². The van der Waals surface area contributed by atoms with Gasteiger partial charge in [-0.05, 0) is 51.4 Å². The summed E-state index contributed by atoms with van der Waals surface area (Å²) in [6.45, 7) is 4.94. The normalized spacial score (nSPS) is 12.6. The predicted molar refractivity (Wildman–Crippen MR) is 283 cm³/mol. The summed E-state index contributed by atoms with van der Waals surface area (Å²) in [5.74, 6) is -0.0527. The summed E-state index contributed by atoms with van der Waals surface area (Å²) in [7, 11) is 0. The fourth-order valence-corrected chi connectivity index (χ4v) is 9.28. The molecule has 6 heteroatoms. The van der Waals surface area contributed by atoms with Gasteiger partial charge in [-0.15, -0.1) is 0 Å². The first-order chi connectivity index (χ1) is 32.0.